The minimum atomic E-state index is -0.185. The van der Waals surface area contributed by atoms with Crippen molar-refractivity contribution in [2.75, 3.05) is 17.7 Å². The van der Waals surface area contributed by atoms with Crippen LogP contribution < -0.4 is 15.4 Å². The molecule has 11 heteroatoms. The molecule has 2 aromatic heterocycles. The number of rotatable bonds is 6. The maximum atomic E-state index is 12.4. The lowest BCUT2D eigenvalue weighted by molar-refractivity contribution is 0.102. The second-order valence-electron chi connectivity index (χ2n) is 6.38. The van der Waals surface area contributed by atoms with E-state index in [1.165, 1.54) is 22.7 Å². The van der Waals surface area contributed by atoms with Crippen molar-refractivity contribution in [3.8, 4) is 16.3 Å². The normalized spacial score (nSPS) is 10.4. The van der Waals surface area contributed by atoms with Crippen LogP contribution in [0.25, 0.3) is 10.6 Å². The molecule has 2 N–H and O–H groups in total. The van der Waals surface area contributed by atoms with Crippen molar-refractivity contribution in [1.29, 1.82) is 0 Å². The Morgan fingerprint density at radius 1 is 1.06 bits per heavy atom. The SMILES string of the molecule is Br.COc1cc(Br)c(Nc2nc(-c3sc(NC(=O)c4ccccc4)nc3C)cs2)c(Br)c1. The Bertz CT molecular complexity index is 1220. The number of hydrogen-bond acceptors (Lipinski definition) is 7. The summed E-state index contributed by atoms with van der Waals surface area (Å²) in [6.45, 7) is 1.91. The average Bonchev–Trinajstić information content (AvgIpc) is 3.37. The van der Waals surface area contributed by atoms with Gasteiger partial charge in [0, 0.05) is 19.9 Å². The number of ether oxygens (including phenoxy) is 1. The molecule has 0 saturated heterocycles. The van der Waals surface area contributed by atoms with Gasteiger partial charge in [-0.25, -0.2) is 9.97 Å². The zero-order valence-corrected chi connectivity index (χ0v) is 23.3. The van der Waals surface area contributed by atoms with E-state index >= 15 is 0 Å². The molecule has 0 fully saturated rings. The second kappa shape index (κ2) is 10.9. The van der Waals surface area contributed by atoms with Crippen molar-refractivity contribution in [1.82, 2.24) is 9.97 Å². The lowest BCUT2D eigenvalue weighted by Gasteiger charge is -2.10. The number of halogens is 3. The standard InChI is InChI=1S/C21H16Br2N4O2S2.BrH/c1-11-18(31-21(24-11)27-19(28)12-6-4-3-5-7-12)16-10-30-20(25-16)26-17-14(22)8-13(29-2)9-15(17)23;/h3-10H,1-2H3,(H,25,26)(H,24,27,28);1H. The third-order valence-electron chi connectivity index (χ3n) is 4.27. The van der Waals surface area contributed by atoms with Crippen LogP contribution in [0, 0.1) is 6.92 Å². The fraction of sp³-hybridized carbons (Fsp3) is 0.0952. The first-order valence-corrected chi connectivity index (χ1v) is 12.3. The zero-order valence-electron chi connectivity index (χ0n) is 16.8. The number of carbonyl (C=O) groups excluding carboxylic acids is 1. The van der Waals surface area contributed by atoms with Crippen LogP contribution >= 0.6 is 71.5 Å². The van der Waals surface area contributed by atoms with Crippen LogP contribution in [-0.4, -0.2) is 23.0 Å². The topological polar surface area (TPSA) is 76.1 Å². The van der Waals surface area contributed by atoms with E-state index in [1.54, 1.807) is 19.2 Å². The van der Waals surface area contributed by atoms with Crippen LogP contribution in [0.1, 0.15) is 16.1 Å². The highest BCUT2D eigenvalue weighted by Crippen LogP contribution is 2.39. The van der Waals surface area contributed by atoms with Gasteiger partial charge in [-0.15, -0.1) is 28.3 Å². The molecule has 166 valence electrons. The number of nitrogens with zero attached hydrogens (tertiary/aromatic N) is 2. The first-order valence-electron chi connectivity index (χ1n) is 9.04. The number of hydrogen-bond donors (Lipinski definition) is 2. The predicted octanol–water partition coefficient (Wildman–Crippen LogP) is 7.68. The van der Waals surface area contributed by atoms with Crippen LogP contribution in [0.2, 0.25) is 0 Å². The van der Waals surface area contributed by atoms with E-state index in [1.807, 2.05) is 42.6 Å². The molecule has 32 heavy (non-hydrogen) atoms. The van der Waals surface area contributed by atoms with E-state index in [0.29, 0.717) is 10.7 Å². The quantitative estimate of drug-likeness (QED) is 0.222. The average molecular weight is 661 g/mol. The highest BCUT2D eigenvalue weighted by atomic mass is 79.9. The number of aromatic nitrogens is 2. The summed E-state index contributed by atoms with van der Waals surface area (Å²) in [7, 11) is 1.63. The Labute approximate surface area is 220 Å². The lowest BCUT2D eigenvalue weighted by Crippen LogP contribution is -2.11. The van der Waals surface area contributed by atoms with Gasteiger partial charge in [-0.1, -0.05) is 29.5 Å². The molecule has 4 rings (SSSR count). The smallest absolute Gasteiger partial charge is 0.257 e. The maximum absolute atomic E-state index is 12.4. The Morgan fingerprint density at radius 3 is 2.41 bits per heavy atom. The fourth-order valence-corrected chi connectivity index (χ4v) is 5.82. The monoisotopic (exact) mass is 658 g/mol. The number of anilines is 3. The molecular weight excluding hydrogens is 644 g/mol. The molecule has 0 bridgehead atoms. The van der Waals surface area contributed by atoms with E-state index in [4.69, 9.17) is 9.72 Å². The predicted molar refractivity (Wildman–Crippen MR) is 144 cm³/mol. The summed E-state index contributed by atoms with van der Waals surface area (Å²) in [5.41, 5.74) is 3.08. The zero-order chi connectivity index (χ0) is 22.0. The van der Waals surface area contributed by atoms with Gasteiger partial charge in [-0.2, -0.15) is 0 Å². The van der Waals surface area contributed by atoms with Gasteiger partial charge in [0.1, 0.15) is 5.75 Å². The molecule has 0 spiro atoms. The first kappa shape index (κ1) is 24.8. The molecule has 1 amide bonds. The Balaban J connectivity index is 0.00000289. The summed E-state index contributed by atoms with van der Waals surface area (Å²) in [4.78, 5) is 22.5. The van der Waals surface area contributed by atoms with Crippen LogP contribution in [0.5, 0.6) is 5.75 Å². The van der Waals surface area contributed by atoms with Gasteiger partial charge >= 0.3 is 0 Å². The minimum absolute atomic E-state index is 0. The van der Waals surface area contributed by atoms with Gasteiger partial charge in [0.25, 0.3) is 5.91 Å². The third kappa shape index (κ3) is 5.57. The van der Waals surface area contributed by atoms with Gasteiger partial charge in [0.05, 0.1) is 29.1 Å². The number of thiazole rings is 2. The number of nitrogens with one attached hydrogen (secondary N) is 2. The Kier molecular flexibility index (Phi) is 8.45. The molecule has 0 saturated carbocycles. The van der Waals surface area contributed by atoms with Crippen LogP contribution in [0.15, 0.2) is 56.8 Å². The second-order valence-corrected chi connectivity index (χ2v) is 9.95. The Morgan fingerprint density at radius 2 is 1.75 bits per heavy atom. The minimum Gasteiger partial charge on any atom is -0.497 e. The Hall–Kier alpha value is -1.79. The molecule has 0 aliphatic rings. The van der Waals surface area contributed by atoms with Crippen LogP contribution in [0.4, 0.5) is 16.0 Å². The summed E-state index contributed by atoms with van der Waals surface area (Å²) in [6, 6.07) is 12.8. The number of benzene rings is 2. The molecule has 4 aromatic rings. The number of amides is 1. The van der Waals surface area contributed by atoms with Crippen molar-refractivity contribution in [3.05, 3.63) is 68.0 Å². The molecule has 0 aliphatic heterocycles. The molecule has 6 nitrogen and oxygen atoms in total. The van der Waals surface area contributed by atoms with Gasteiger partial charge < -0.3 is 10.1 Å². The van der Waals surface area contributed by atoms with E-state index in [2.05, 4.69) is 47.5 Å². The van der Waals surface area contributed by atoms with Crippen molar-refractivity contribution in [2.24, 2.45) is 0 Å². The van der Waals surface area contributed by atoms with Gasteiger partial charge in [-0.3, -0.25) is 10.1 Å². The molecular formula is C21H17Br3N4O2S2. The van der Waals surface area contributed by atoms with Gasteiger partial charge in [0.15, 0.2) is 10.3 Å². The van der Waals surface area contributed by atoms with E-state index < -0.39 is 0 Å². The molecule has 0 atom stereocenters. The fourth-order valence-electron chi connectivity index (χ4n) is 2.78. The van der Waals surface area contributed by atoms with E-state index in [-0.39, 0.29) is 22.9 Å². The van der Waals surface area contributed by atoms with Gasteiger partial charge in [0.2, 0.25) is 0 Å². The molecule has 0 aliphatic carbocycles. The number of aryl methyl sites for hydroxylation is 1. The van der Waals surface area contributed by atoms with E-state index in [9.17, 15) is 4.79 Å². The summed E-state index contributed by atoms with van der Waals surface area (Å²) in [5, 5.41) is 9.46. The summed E-state index contributed by atoms with van der Waals surface area (Å²) in [6.07, 6.45) is 0. The highest BCUT2D eigenvalue weighted by Gasteiger charge is 2.16. The van der Waals surface area contributed by atoms with Crippen molar-refractivity contribution >= 4 is 93.4 Å². The molecule has 2 aromatic carbocycles. The highest BCUT2D eigenvalue weighted by molar-refractivity contribution is 9.11. The van der Waals surface area contributed by atoms with Gasteiger partial charge in [-0.05, 0) is 63.0 Å². The van der Waals surface area contributed by atoms with Crippen molar-refractivity contribution < 1.29 is 9.53 Å². The summed E-state index contributed by atoms with van der Waals surface area (Å²) >= 11 is 10.0. The third-order valence-corrected chi connectivity index (χ3v) is 7.38. The lowest BCUT2D eigenvalue weighted by atomic mass is 10.2. The molecule has 0 radical (unpaired) electrons. The van der Waals surface area contributed by atoms with E-state index in [0.717, 1.165) is 41.8 Å². The summed E-state index contributed by atoms with van der Waals surface area (Å²) < 4.78 is 6.99. The molecule has 0 unspecified atom stereocenters. The van der Waals surface area contributed by atoms with Crippen molar-refractivity contribution in [3.63, 3.8) is 0 Å². The number of carbonyl (C=O) groups is 1. The number of methoxy groups -OCH3 is 1. The molecule has 2 heterocycles. The van der Waals surface area contributed by atoms with Crippen molar-refractivity contribution in [2.45, 2.75) is 6.92 Å². The van der Waals surface area contributed by atoms with Crippen LogP contribution in [-0.2, 0) is 0 Å². The first-order chi connectivity index (χ1) is 14.9. The van der Waals surface area contributed by atoms with Crippen LogP contribution in [0.3, 0.4) is 0 Å². The summed E-state index contributed by atoms with van der Waals surface area (Å²) in [5.74, 6) is 0.560. The largest absolute Gasteiger partial charge is 0.497 e. The maximum Gasteiger partial charge on any atom is 0.257 e.